The number of hydrogen-bond donors (Lipinski definition) is 1. The van der Waals surface area contributed by atoms with Gasteiger partial charge >= 0.3 is 5.97 Å². The smallest absolute Gasteiger partial charge is 0.307 e. The SMILES string of the molecule is CCN(CC(C)C(=O)O)S(=O)(=O)c1ccc(C)s1. The minimum atomic E-state index is -3.57. The van der Waals surface area contributed by atoms with Crippen molar-refractivity contribution in [1.82, 2.24) is 4.31 Å². The van der Waals surface area contributed by atoms with Crippen LogP contribution in [0.2, 0.25) is 0 Å². The zero-order valence-electron chi connectivity index (χ0n) is 10.6. The predicted molar refractivity (Wildman–Crippen MR) is 70.3 cm³/mol. The maximum Gasteiger partial charge on any atom is 0.307 e. The summed E-state index contributed by atoms with van der Waals surface area (Å²) in [6, 6.07) is 3.30. The number of carboxylic acids is 1. The van der Waals surface area contributed by atoms with Gasteiger partial charge in [-0.2, -0.15) is 4.31 Å². The number of hydrogen-bond acceptors (Lipinski definition) is 4. The number of carboxylic acid groups (broad SMARTS) is 1. The molecule has 0 amide bonds. The number of carbonyl (C=O) groups is 1. The van der Waals surface area contributed by atoms with Gasteiger partial charge in [0.1, 0.15) is 4.21 Å². The topological polar surface area (TPSA) is 74.7 Å². The van der Waals surface area contributed by atoms with Crippen molar-refractivity contribution in [2.24, 2.45) is 5.92 Å². The van der Waals surface area contributed by atoms with E-state index in [1.165, 1.54) is 22.6 Å². The quantitative estimate of drug-likeness (QED) is 0.867. The first-order valence-electron chi connectivity index (χ1n) is 5.58. The van der Waals surface area contributed by atoms with Crippen LogP contribution >= 0.6 is 11.3 Å². The molecule has 1 heterocycles. The first-order valence-corrected chi connectivity index (χ1v) is 7.84. The van der Waals surface area contributed by atoms with Crippen LogP contribution in [0.3, 0.4) is 0 Å². The van der Waals surface area contributed by atoms with Crippen LogP contribution in [0.4, 0.5) is 0 Å². The van der Waals surface area contributed by atoms with Crippen LogP contribution in [0.15, 0.2) is 16.3 Å². The summed E-state index contributed by atoms with van der Waals surface area (Å²) in [5.41, 5.74) is 0. The van der Waals surface area contributed by atoms with Crippen molar-refractivity contribution < 1.29 is 18.3 Å². The molecule has 0 radical (unpaired) electrons. The Hall–Kier alpha value is -0.920. The van der Waals surface area contributed by atoms with E-state index in [4.69, 9.17) is 5.11 Å². The van der Waals surface area contributed by atoms with Crippen LogP contribution in [0.1, 0.15) is 18.7 Å². The summed E-state index contributed by atoms with van der Waals surface area (Å²) in [6.45, 7) is 5.29. The molecule has 0 aliphatic rings. The van der Waals surface area contributed by atoms with Crippen LogP contribution in [-0.4, -0.2) is 36.9 Å². The highest BCUT2D eigenvalue weighted by Crippen LogP contribution is 2.24. The Morgan fingerprint density at radius 2 is 2.11 bits per heavy atom. The van der Waals surface area contributed by atoms with Crippen molar-refractivity contribution in [3.8, 4) is 0 Å². The van der Waals surface area contributed by atoms with Gasteiger partial charge < -0.3 is 5.11 Å². The highest BCUT2D eigenvalue weighted by molar-refractivity contribution is 7.91. The van der Waals surface area contributed by atoms with Gasteiger partial charge in [0.15, 0.2) is 0 Å². The zero-order valence-corrected chi connectivity index (χ0v) is 12.2. The second-order valence-electron chi connectivity index (χ2n) is 4.06. The molecule has 1 N–H and O–H groups in total. The first kappa shape index (κ1) is 15.1. The molecular weight excluding hydrogens is 274 g/mol. The van der Waals surface area contributed by atoms with Gasteiger partial charge in [0.2, 0.25) is 0 Å². The van der Waals surface area contributed by atoms with E-state index in [1.807, 2.05) is 6.92 Å². The zero-order chi connectivity index (χ0) is 13.9. The Kier molecular flexibility index (Phi) is 4.89. The molecule has 0 fully saturated rings. The van der Waals surface area contributed by atoms with Crippen LogP contribution in [0.5, 0.6) is 0 Å². The number of aliphatic carboxylic acids is 1. The third-order valence-electron chi connectivity index (χ3n) is 2.56. The summed E-state index contributed by atoms with van der Waals surface area (Å²) in [4.78, 5) is 11.7. The van der Waals surface area contributed by atoms with Gasteiger partial charge in [0.05, 0.1) is 5.92 Å². The third-order valence-corrected chi connectivity index (χ3v) is 5.97. The van der Waals surface area contributed by atoms with Crippen molar-refractivity contribution in [2.45, 2.75) is 25.0 Å². The fourth-order valence-corrected chi connectivity index (χ4v) is 4.43. The average molecular weight is 291 g/mol. The second kappa shape index (κ2) is 5.81. The Balaban J connectivity index is 2.97. The van der Waals surface area contributed by atoms with Crippen molar-refractivity contribution in [1.29, 1.82) is 0 Å². The maximum absolute atomic E-state index is 12.3. The summed E-state index contributed by atoms with van der Waals surface area (Å²) in [6.07, 6.45) is 0. The Morgan fingerprint density at radius 3 is 2.50 bits per heavy atom. The van der Waals surface area contributed by atoms with Crippen molar-refractivity contribution in [2.75, 3.05) is 13.1 Å². The number of nitrogens with zero attached hydrogens (tertiary/aromatic N) is 1. The summed E-state index contributed by atoms with van der Waals surface area (Å²) >= 11 is 1.20. The van der Waals surface area contributed by atoms with E-state index in [1.54, 1.807) is 19.1 Å². The number of sulfonamides is 1. The first-order chi connectivity index (χ1) is 8.28. The molecule has 1 aromatic heterocycles. The standard InChI is InChI=1S/C11H17NO4S2/c1-4-12(7-8(2)11(13)14)18(15,16)10-6-5-9(3)17-10/h5-6,8H,4,7H2,1-3H3,(H,13,14). The summed E-state index contributed by atoms with van der Waals surface area (Å²) < 4.78 is 26.0. The molecule has 1 rings (SSSR count). The van der Waals surface area contributed by atoms with Crippen molar-refractivity contribution in [3.05, 3.63) is 17.0 Å². The lowest BCUT2D eigenvalue weighted by atomic mass is 10.2. The monoisotopic (exact) mass is 291 g/mol. The normalized spacial score (nSPS) is 13.8. The highest BCUT2D eigenvalue weighted by Gasteiger charge is 2.27. The van der Waals surface area contributed by atoms with E-state index in [-0.39, 0.29) is 17.3 Å². The lowest BCUT2D eigenvalue weighted by Crippen LogP contribution is -2.36. The predicted octanol–water partition coefficient (Wildman–Crippen LogP) is 1.79. The molecule has 5 nitrogen and oxygen atoms in total. The second-order valence-corrected chi connectivity index (χ2v) is 7.51. The highest BCUT2D eigenvalue weighted by atomic mass is 32.2. The summed E-state index contributed by atoms with van der Waals surface area (Å²) in [5.74, 6) is -1.72. The van der Waals surface area contributed by atoms with E-state index in [2.05, 4.69) is 0 Å². The molecule has 0 spiro atoms. The van der Waals surface area contributed by atoms with E-state index in [9.17, 15) is 13.2 Å². The largest absolute Gasteiger partial charge is 0.481 e. The number of aryl methyl sites for hydroxylation is 1. The van der Waals surface area contributed by atoms with Crippen LogP contribution in [0.25, 0.3) is 0 Å². The van der Waals surface area contributed by atoms with Gasteiger partial charge in [-0.3, -0.25) is 4.79 Å². The Bertz CT molecular complexity index is 521. The molecular formula is C11H17NO4S2. The molecule has 0 aromatic carbocycles. The van der Waals surface area contributed by atoms with E-state index >= 15 is 0 Å². The number of rotatable bonds is 6. The van der Waals surface area contributed by atoms with Crippen LogP contribution < -0.4 is 0 Å². The lowest BCUT2D eigenvalue weighted by Gasteiger charge is -2.21. The lowest BCUT2D eigenvalue weighted by molar-refractivity contribution is -0.141. The molecule has 1 atom stereocenters. The van der Waals surface area contributed by atoms with Crippen molar-refractivity contribution >= 4 is 27.3 Å². The molecule has 0 bridgehead atoms. The fourth-order valence-electron chi connectivity index (χ4n) is 1.46. The van der Waals surface area contributed by atoms with Gasteiger partial charge in [0, 0.05) is 18.0 Å². The molecule has 0 saturated heterocycles. The third kappa shape index (κ3) is 3.30. The minimum absolute atomic E-state index is 0.00882. The molecule has 0 aliphatic heterocycles. The minimum Gasteiger partial charge on any atom is -0.481 e. The van der Waals surface area contributed by atoms with Gasteiger partial charge in [0.25, 0.3) is 10.0 Å². The van der Waals surface area contributed by atoms with Gasteiger partial charge in [-0.1, -0.05) is 13.8 Å². The Morgan fingerprint density at radius 1 is 1.50 bits per heavy atom. The fraction of sp³-hybridized carbons (Fsp3) is 0.545. The average Bonchev–Trinajstić information content (AvgIpc) is 2.72. The van der Waals surface area contributed by atoms with Crippen LogP contribution in [-0.2, 0) is 14.8 Å². The van der Waals surface area contributed by atoms with Gasteiger partial charge in [-0.15, -0.1) is 11.3 Å². The maximum atomic E-state index is 12.3. The van der Waals surface area contributed by atoms with Gasteiger partial charge in [-0.05, 0) is 19.1 Å². The van der Waals surface area contributed by atoms with E-state index in [0.717, 1.165) is 4.88 Å². The van der Waals surface area contributed by atoms with Crippen LogP contribution in [0, 0.1) is 12.8 Å². The van der Waals surface area contributed by atoms with Gasteiger partial charge in [-0.25, -0.2) is 8.42 Å². The Labute approximate surface area is 111 Å². The summed E-state index contributed by atoms with van der Waals surface area (Å²) in [5, 5.41) is 8.85. The molecule has 7 heteroatoms. The molecule has 102 valence electrons. The molecule has 0 saturated carbocycles. The summed E-state index contributed by atoms with van der Waals surface area (Å²) in [7, 11) is -3.57. The molecule has 1 aromatic rings. The number of thiophene rings is 1. The molecule has 0 aliphatic carbocycles. The van der Waals surface area contributed by atoms with E-state index < -0.39 is 21.9 Å². The van der Waals surface area contributed by atoms with Crippen molar-refractivity contribution in [3.63, 3.8) is 0 Å². The molecule has 18 heavy (non-hydrogen) atoms. The van der Waals surface area contributed by atoms with E-state index in [0.29, 0.717) is 0 Å². The molecule has 1 unspecified atom stereocenters.